The number of aryl methyl sites for hydroxylation is 1. The van der Waals surface area contributed by atoms with Gasteiger partial charge in [0, 0.05) is 26.3 Å². The maximum atomic E-state index is 8.89. The molecule has 98 valence electrons. The van der Waals surface area contributed by atoms with Gasteiger partial charge in [0.1, 0.15) is 11.8 Å². The highest BCUT2D eigenvalue weighted by Crippen LogP contribution is 2.14. The van der Waals surface area contributed by atoms with Gasteiger partial charge < -0.3 is 14.8 Å². The third-order valence-electron chi connectivity index (χ3n) is 3.66. The lowest BCUT2D eigenvalue weighted by molar-refractivity contribution is 0.206. The van der Waals surface area contributed by atoms with Crippen molar-refractivity contribution in [2.24, 2.45) is 13.0 Å². The lowest BCUT2D eigenvalue weighted by atomic mass is 9.98. The van der Waals surface area contributed by atoms with E-state index >= 15 is 0 Å². The Morgan fingerprint density at radius 2 is 2.33 bits per heavy atom. The SMILES string of the molecule is CN1CCCC(CNCc2cc(C#N)n(C)c2)C1. The molecule has 0 saturated carbocycles. The van der Waals surface area contributed by atoms with Crippen molar-refractivity contribution >= 4 is 0 Å². The van der Waals surface area contributed by atoms with Gasteiger partial charge in [-0.3, -0.25) is 0 Å². The maximum Gasteiger partial charge on any atom is 0.120 e. The van der Waals surface area contributed by atoms with Gasteiger partial charge in [-0.25, -0.2) is 0 Å². The fourth-order valence-electron chi connectivity index (χ4n) is 2.70. The number of likely N-dealkylation sites (tertiary alicyclic amines) is 1. The molecule has 18 heavy (non-hydrogen) atoms. The van der Waals surface area contributed by atoms with Crippen molar-refractivity contribution < 1.29 is 0 Å². The van der Waals surface area contributed by atoms with Crippen molar-refractivity contribution in [3.05, 3.63) is 23.5 Å². The molecular formula is C14H22N4. The van der Waals surface area contributed by atoms with E-state index in [-0.39, 0.29) is 0 Å². The molecule has 0 aliphatic carbocycles. The van der Waals surface area contributed by atoms with Crippen LogP contribution in [0.1, 0.15) is 24.1 Å². The second-order valence-corrected chi connectivity index (χ2v) is 5.36. The second kappa shape index (κ2) is 6.03. The number of hydrogen-bond donors (Lipinski definition) is 1. The molecule has 1 aromatic heterocycles. The molecule has 1 unspecified atom stereocenters. The van der Waals surface area contributed by atoms with Crippen LogP contribution in [0.2, 0.25) is 0 Å². The summed E-state index contributed by atoms with van der Waals surface area (Å²) in [5, 5.41) is 12.4. The van der Waals surface area contributed by atoms with Crippen molar-refractivity contribution in [1.82, 2.24) is 14.8 Å². The molecule has 4 nitrogen and oxygen atoms in total. The molecule has 0 aromatic carbocycles. The summed E-state index contributed by atoms with van der Waals surface area (Å²) in [6.07, 6.45) is 4.67. The largest absolute Gasteiger partial charge is 0.342 e. The Balaban J connectivity index is 1.76. The summed E-state index contributed by atoms with van der Waals surface area (Å²) < 4.78 is 1.88. The van der Waals surface area contributed by atoms with E-state index in [2.05, 4.69) is 23.3 Å². The average molecular weight is 246 g/mol. The molecule has 1 atom stereocenters. The quantitative estimate of drug-likeness (QED) is 0.871. The Bertz CT molecular complexity index is 429. The highest BCUT2D eigenvalue weighted by Gasteiger charge is 2.16. The lowest BCUT2D eigenvalue weighted by Crippen LogP contribution is -2.37. The zero-order chi connectivity index (χ0) is 13.0. The van der Waals surface area contributed by atoms with Gasteiger partial charge in [-0.1, -0.05) is 0 Å². The fourth-order valence-corrected chi connectivity index (χ4v) is 2.70. The molecular weight excluding hydrogens is 224 g/mol. The van der Waals surface area contributed by atoms with Crippen molar-refractivity contribution in [1.29, 1.82) is 5.26 Å². The second-order valence-electron chi connectivity index (χ2n) is 5.36. The molecule has 2 rings (SSSR count). The Labute approximate surface area is 109 Å². The van der Waals surface area contributed by atoms with E-state index < -0.39 is 0 Å². The van der Waals surface area contributed by atoms with Gasteiger partial charge in [0.15, 0.2) is 0 Å². The normalized spacial score (nSPS) is 20.8. The highest BCUT2D eigenvalue weighted by atomic mass is 15.1. The Morgan fingerprint density at radius 3 is 3.00 bits per heavy atom. The smallest absolute Gasteiger partial charge is 0.120 e. The summed E-state index contributed by atoms with van der Waals surface area (Å²) in [6.45, 7) is 4.36. The molecule has 1 fully saturated rings. The van der Waals surface area contributed by atoms with Crippen LogP contribution in [0.4, 0.5) is 0 Å². The van der Waals surface area contributed by atoms with Gasteiger partial charge in [0.2, 0.25) is 0 Å². The number of nitrogens with zero attached hydrogens (tertiary/aromatic N) is 3. The van der Waals surface area contributed by atoms with Crippen molar-refractivity contribution in [2.45, 2.75) is 19.4 Å². The molecule has 4 heteroatoms. The van der Waals surface area contributed by atoms with Gasteiger partial charge >= 0.3 is 0 Å². The van der Waals surface area contributed by atoms with Crippen LogP contribution in [0.15, 0.2) is 12.3 Å². The first-order valence-electron chi connectivity index (χ1n) is 6.63. The Morgan fingerprint density at radius 1 is 1.50 bits per heavy atom. The summed E-state index contributed by atoms with van der Waals surface area (Å²) in [7, 11) is 4.11. The number of aromatic nitrogens is 1. The molecule has 1 saturated heterocycles. The molecule has 0 amide bonds. The van der Waals surface area contributed by atoms with Gasteiger partial charge in [0.25, 0.3) is 0 Å². The first-order chi connectivity index (χ1) is 8.69. The van der Waals surface area contributed by atoms with E-state index in [0.717, 1.165) is 24.7 Å². The average Bonchev–Trinajstić information content (AvgIpc) is 2.70. The summed E-state index contributed by atoms with van der Waals surface area (Å²) in [5.41, 5.74) is 1.92. The van der Waals surface area contributed by atoms with E-state index in [9.17, 15) is 0 Å². The number of nitrogens with one attached hydrogen (secondary N) is 1. The number of rotatable bonds is 4. The minimum atomic E-state index is 0.726. The number of hydrogen-bond acceptors (Lipinski definition) is 3. The Hall–Kier alpha value is -1.31. The van der Waals surface area contributed by atoms with Crippen LogP contribution in [-0.4, -0.2) is 36.1 Å². The first kappa shape index (κ1) is 13.1. The van der Waals surface area contributed by atoms with E-state index in [1.807, 2.05) is 23.9 Å². The van der Waals surface area contributed by atoms with Crippen LogP contribution in [0.5, 0.6) is 0 Å². The van der Waals surface area contributed by atoms with Crippen molar-refractivity contribution in [2.75, 3.05) is 26.7 Å². The van der Waals surface area contributed by atoms with Gasteiger partial charge in [-0.2, -0.15) is 5.26 Å². The van der Waals surface area contributed by atoms with Crippen LogP contribution in [0, 0.1) is 17.2 Å². The van der Waals surface area contributed by atoms with Crippen molar-refractivity contribution in [3.8, 4) is 6.07 Å². The molecule has 0 radical (unpaired) electrons. The standard InChI is InChI=1S/C14H22N4/c1-17-5-3-4-12(10-17)8-16-9-13-6-14(7-15)18(2)11-13/h6,11-12,16H,3-5,8-10H2,1-2H3. The van der Waals surface area contributed by atoms with E-state index in [1.54, 1.807) is 0 Å². The van der Waals surface area contributed by atoms with Crippen molar-refractivity contribution in [3.63, 3.8) is 0 Å². The predicted octanol–water partition coefficient (Wildman–Crippen LogP) is 1.33. The first-order valence-corrected chi connectivity index (χ1v) is 6.63. The van der Waals surface area contributed by atoms with E-state index in [4.69, 9.17) is 5.26 Å². The summed E-state index contributed by atoms with van der Waals surface area (Å²) in [5.74, 6) is 0.767. The van der Waals surface area contributed by atoms with Crippen LogP contribution in [-0.2, 0) is 13.6 Å². The van der Waals surface area contributed by atoms with Gasteiger partial charge in [0.05, 0.1) is 0 Å². The predicted molar refractivity (Wildman–Crippen MR) is 72.1 cm³/mol. The van der Waals surface area contributed by atoms with Crippen LogP contribution >= 0.6 is 0 Å². The molecule has 1 aliphatic heterocycles. The van der Waals surface area contributed by atoms with Crippen LogP contribution in [0.3, 0.4) is 0 Å². The maximum absolute atomic E-state index is 8.89. The summed E-state index contributed by atoms with van der Waals surface area (Å²) >= 11 is 0. The molecule has 0 bridgehead atoms. The fraction of sp³-hybridized carbons (Fsp3) is 0.643. The summed E-state index contributed by atoms with van der Waals surface area (Å²) in [4.78, 5) is 2.41. The van der Waals surface area contributed by atoms with Crippen LogP contribution in [0.25, 0.3) is 0 Å². The molecule has 2 heterocycles. The lowest BCUT2D eigenvalue weighted by Gasteiger charge is -2.29. The zero-order valence-electron chi connectivity index (χ0n) is 11.3. The monoisotopic (exact) mass is 246 g/mol. The minimum Gasteiger partial charge on any atom is -0.342 e. The molecule has 1 N–H and O–H groups in total. The Kier molecular flexibility index (Phi) is 4.40. The third kappa shape index (κ3) is 3.34. The van der Waals surface area contributed by atoms with Crippen LogP contribution < -0.4 is 5.32 Å². The topological polar surface area (TPSA) is 44.0 Å². The third-order valence-corrected chi connectivity index (χ3v) is 3.66. The van der Waals surface area contributed by atoms with E-state index in [0.29, 0.717) is 0 Å². The highest BCUT2D eigenvalue weighted by molar-refractivity contribution is 5.28. The molecule has 1 aromatic rings. The minimum absolute atomic E-state index is 0.726. The number of nitriles is 1. The zero-order valence-corrected chi connectivity index (χ0v) is 11.3. The van der Waals surface area contributed by atoms with E-state index in [1.165, 1.54) is 31.5 Å². The molecule has 1 aliphatic rings. The van der Waals surface area contributed by atoms with Gasteiger partial charge in [-0.15, -0.1) is 0 Å². The van der Waals surface area contributed by atoms with Gasteiger partial charge in [-0.05, 0) is 50.5 Å². The molecule has 0 spiro atoms. The summed E-state index contributed by atoms with van der Waals surface area (Å²) in [6, 6.07) is 4.15. The number of piperidine rings is 1.